The van der Waals surface area contributed by atoms with Gasteiger partial charge >= 0.3 is 0 Å². The van der Waals surface area contributed by atoms with Gasteiger partial charge in [-0.05, 0) is 12.3 Å². The van der Waals surface area contributed by atoms with E-state index in [4.69, 9.17) is 21.1 Å². The fourth-order valence-corrected chi connectivity index (χ4v) is 1.08. The second-order valence-electron chi connectivity index (χ2n) is 3.08. The molecule has 11 heavy (non-hydrogen) atoms. The summed E-state index contributed by atoms with van der Waals surface area (Å²) in [5.41, 5.74) is 0. The number of alkyl halides is 1. The fourth-order valence-electron chi connectivity index (χ4n) is 0.989. The molecule has 1 heterocycles. The van der Waals surface area contributed by atoms with Crippen LogP contribution in [0.4, 0.5) is 0 Å². The molecule has 2 atom stereocenters. The van der Waals surface area contributed by atoms with Gasteiger partial charge in [-0.1, -0.05) is 6.92 Å². The van der Waals surface area contributed by atoms with Gasteiger partial charge in [-0.3, -0.25) is 0 Å². The van der Waals surface area contributed by atoms with Crippen LogP contribution < -0.4 is 0 Å². The summed E-state index contributed by atoms with van der Waals surface area (Å²) < 4.78 is 10.7. The Labute approximate surface area is 72.8 Å². The maximum absolute atomic E-state index is 5.63. The molecule has 0 aromatic rings. The minimum Gasteiger partial charge on any atom is -0.379 e. The van der Waals surface area contributed by atoms with Crippen LogP contribution in [0.25, 0.3) is 0 Å². The minimum atomic E-state index is 0.320. The standard InChI is InChI=1S/C8H15ClO2/c1-7(4-9)5-11-8-2-3-10-6-8/h7-8H,2-6H2,1H3. The third-order valence-electron chi connectivity index (χ3n) is 1.77. The summed E-state index contributed by atoms with van der Waals surface area (Å²) in [6.07, 6.45) is 1.36. The van der Waals surface area contributed by atoms with Crippen molar-refractivity contribution in [3.05, 3.63) is 0 Å². The molecular weight excluding hydrogens is 164 g/mol. The van der Waals surface area contributed by atoms with Crippen molar-refractivity contribution in [2.75, 3.05) is 25.7 Å². The molecule has 0 aliphatic carbocycles. The number of hydrogen-bond acceptors (Lipinski definition) is 2. The monoisotopic (exact) mass is 178 g/mol. The van der Waals surface area contributed by atoms with Crippen LogP contribution in [-0.4, -0.2) is 31.8 Å². The van der Waals surface area contributed by atoms with E-state index in [1.54, 1.807) is 0 Å². The first kappa shape index (κ1) is 9.30. The van der Waals surface area contributed by atoms with E-state index in [-0.39, 0.29) is 0 Å². The van der Waals surface area contributed by atoms with Gasteiger partial charge in [0.1, 0.15) is 0 Å². The van der Waals surface area contributed by atoms with E-state index in [0.29, 0.717) is 17.9 Å². The first-order chi connectivity index (χ1) is 5.33. The van der Waals surface area contributed by atoms with Gasteiger partial charge in [-0.25, -0.2) is 0 Å². The van der Waals surface area contributed by atoms with Gasteiger partial charge in [-0.15, -0.1) is 11.6 Å². The molecule has 1 aliphatic rings. The Hall–Kier alpha value is 0.210. The average molecular weight is 179 g/mol. The molecule has 0 N–H and O–H groups in total. The molecule has 0 aromatic carbocycles. The number of ether oxygens (including phenoxy) is 2. The summed E-state index contributed by atoms with van der Waals surface area (Å²) in [7, 11) is 0. The molecule has 0 saturated carbocycles. The molecule has 1 aliphatic heterocycles. The van der Waals surface area contributed by atoms with Gasteiger partial charge in [0.2, 0.25) is 0 Å². The van der Waals surface area contributed by atoms with E-state index in [0.717, 1.165) is 26.2 Å². The van der Waals surface area contributed by atoms with E-state index < -0.39 is 0 Å². The van der Waals surface area contributed by atoms with Crippen molar-refractivity contribution in [2.24, 2.45) is 5.92 Å². The summed E-state index contributed by atoms with van der Waals surface area (Å²) in [5.74, 6) is 1.13. The molecule has 1 fully saturated rings. The summed E-state index contributed by atoms with van der Waals surface area (Å²) >= 11 is 5.63. The van der Waals surface area contributed by atoms with Gasteiger partial charge in [0.05, 0.1) is 19.3 Å². The molecule has 0 aromatic heterocycles. The van der Waals surface area contributed by atoms with Gasteiger partial charge in [0, 0.05) is 12.5 Å². The van der Waals surface area contributed by atoms with Crippen molar-refractivity contribution < 1.29 is 9.47 Å². The Balaban J connectivity index is 2.01. The van der Waals surface area contributed by atoms with Gasteiger partial charge in [-0.2, -0.15) is 0 Å². The van der Waals surface area contributed by atoms with Gasteiger partial charge in [0.15, 0.2) is 0 Å². The maximum atomic E-state index is 5.63. The molecule has 1 rings (SSSR count). The molecule has 3 heteroatoms. The van der Waals surface area contributed by atoms with E-state index in [1.807, 2.05) is 0 Å². The first-order valence-corrected chi connectivity index (χ1v) is 4.61. The molecule has 2 unspecified atom stereocenters. The third kappa shape index (κ3) is 3.41. The second-order valence-corrected chi connectivity index (χ2v) is 3.39. The largest absolute Gasteiger partial charge is 0.379 e. The highest BCUT2D eigenvalue weighted by Gasteiger charge is 2.16. The zero-order chi connectivity index (χ0) is 8.10. The van der Waals surface area contributed by atoms with Crippen molar-refractivity contribution >= 4 is 11.6 Å². The summed E-state index contributed by atoms with van der Waals surface area (Å²) in [5, 5.41) is 0. The third-order valence-corrected chi connectivity index (χ3v) is 2.29. The Morgan fingerprint density at radius 2 is 2.55 bits per heavy atom. The highest BCUT2D eigenvalue weighted by Crippen LogP contribution is 2.10. The molecule has 2 nitrogen and oxygen atoms in total. The Morgan fingerprint density at radius 1 is 1.73 bits per heavy atom. The molecule has 66 valence electrons. The van der Waals surface area contributed by atoms with Crippen LogP contribution in [0.2, 0.25) is 0 Å². The number of hydrogen-bond donors (Lipinski definition) is 0. The topological polar surface area (TPSA) is 18.5 Å². The van der Waals surface area contributed by atoms with Crippen molar-refractivity contribution in [1.29, 1.82) is 0 Å². The number of halogens is 1. The van der Waals surface area contributed by atoms with E-state index >= 15 is 0 Å². The zero-order valence-corrected chi connectivity index (χ0v) is 7.64. The highest BCUT2D eigenvalue weighted by molar-refractivity contribution is 6.18. The smallest absolute Gasteiger partial charge is 0.0830 e. The summed E-state index contributed by atoms with van der Waals surface area (Å²) in [4.78, 5) is 0. The molecule has 0 bridgehead atoms. The fraction of sp³-hybridized carbons (Fsp3) is 1.00. The van der Waals surface area contributed by atoms with Crippen LogP contribution in [0.5, 0.6) is 0 Å². The van der Waals surface area contributed by atoms with Crippen LogP contribution >= 0.6 is 11.6 Å². The Kier molecular flexibility index (Phi) is 4.20. The average Bonchev–Trinajstić information content (AvgIpc) is 2.52. The minimum absolute atomic E-state index is 0.320. The van der Waals surface area contributed by atoms with E-state index in [9.17, 15) is 0 Å². The molecule has 1 saturated heterocycles. The summed E-state index contributed by atoms with van der Waals surface area (Å²) in [6, 6.07) is 0. The lowest BCUT2D eigenvalue weighted by atomic mass is 10.2. The first-order valence-electron chi connectivity index (χ1n) is 4.08. The van der Waals surface area contributed by atoms with Crippen molar-refractivity contribution in [1.82, 2.24) is 0 Å². The van der Waals surface area contributed by atoms with Crippen LogP contribution in [0.3, 0.4) is 0 Å². The quantitative estimate of drug-likeness (QED) is 0.610. The predicted molar refractivity (Wildman–Crippen MR) is 45.1 cm³/mol. The molecule has 0 amide bonds. The zero-order valence-electron chi connectivity index (χ0n) is 6.88. The molecule has 0 spiro atoms. The van der Waals surface area contributed by atoms with Crippen LogP contribution in [0, 0.1) is 5.92 Å². The lowest BCUT2D eigenvalue weighted by Gasteiger charge is -2.12. The number of rotatable bonds is 4. The van der Waals surface area contributed by atoms with Crippen molar-refractivity contribution in [2.45, 2.75) is 19.4 Å². The predicted octanol–water partition coefficient (Wildman–Crippen LogP) is 1.67. The Bertz CT molecular complexity index is 102. The van der Waals surface area contributed by atoms with Crippen LogP contribution in [0.1, 0.15) is 13.3 Å². The molecular formula is C8H15ClO2. The maximum Gasteiger partial charge on any atom is 0.0830 e. The lowest BCUT2D eigenvalue weighted by Crippen LogP contribution is -2.17. The van der Waals surface area contributed by atoms with Crippen molar-refractivity contribution in [3.8, 4) is 0 Å². The van der Waals surface area contributed by atoms with Crippen molar-refractivity contribution in [3.63, 3.8) is 0 Å². The second kappa shape index (κ2) is 4.96. The van der Waals surface area contributed by atoms with E-state index in [1.165, 1.54) is 0 Å². The summed E-state index contributed by atoms with van der Waals surface area (Å²) in [6.45, 7) is 4.45. The Morgan fingerprint density at radius 3 is 3.09 bits per heavy atom. The lowest BCUT2D eigenvalue weighted by molar-refractivity contribution is 0.0286. The molecule has 0 radical (unpaired) electrons. The van der Waals surface area contributed by atoms with Gasteiger partial charge < -0.3 is 9.47 Å². The highest BCUT2D eigenvalue weighted by atomic mass is 35.5. The van der Waals surface area contributed by atoms with Gasteiger partial charge in [0.25, 0.3) is 0 Å². The SMILES string of the molecule is CC(CCl)COC1CCOC1. The van der Waals surface area contributed by atoms with Crippen LogP contribution in [-0.2, 0) is 9.47 Å². The van der Waals surface area contributed by atoms with Crippen LogP contribution in [0.15, 0.2) is 0 Å². The van der Waals surface area contributed by atoms with E-state index in [2.05, 4.69) is 6.92 Å². The normalized spacial score (nSPS) is 27.3.